The predicted molar refractivity (Wildman–Crippen MR) is 106 cm³/mol. The number of benzene rings is 1. The Bertz CT molecular complexity index is 837. The number of rotatable bonds is 8. The van der Waals surface area contributed by atoms with Crippen molar-refractivity contribution in [3.63, 3.8) is 0 Å². The largest absolute Gasteiger partial charge is 0.489 e. The van der Waals surface area contributed by atoms with E-state index in [0.29, 0.717) is 31.5 Å². The van der Waals surface area contributed by atoms with Crippen LogP contribution in [0, 0.1) is 17.2 Å². The van der Waals surface area contributed by atoms with Gasteiger partial charge in [-0.15, -0.1) is 12.4 Å². The molecule has 0 aromatic heterocycles. The molecular weight excluding hydrogens is 458 g/mol. The highest BCUT2D eigenvalue weighted by Crippen LogP contribution is 2.44. The van der Waals surface area contributed by atoms with Gasteiger partial charge in [0.2, 0.25) is 5.92 Å². The highest BCUT2D eigenvalue weighted by Gasteiger charge is 2.45. The summed E-state index contributed by atoms with van der Waals surface area (Å²) in [5.74, 6) is -3.91. The van der Waals surface area contributed by atoms with Crippen LogP contribution in [0.2, 0.25) is 0 Å². The number of alkyl halides is 4. The number of amides is 1. The van der Waals surface area contributed by atoms with Gasteiger partial charge < -0.3 is 9.47 Å². The zero-order valence-corrected chi connectivity index (χ0v) is 17.8. The van der Waals surface area contributed by atoms with E-state index < -0.39 is 23.9 Å². The molecule has 0 unspecified atom stereocenters. The molecule has 2 N–H and O–H groups in total. The van der Waals surface area contributed by atoms with Gasteiger partial charge in [0, 0.05) is 31.8 Å². The predicted octanol–water partition coefficient (Wildman–Crippen LogP) is 3.50. The fourth-order valence-electron chi connectivity index (χ4n) is 4.02. The van der Waals surface area contributed by atoms with E-state index in [-0.39, 0.29) is 55.8 Å². The van der Waals surface area contributed by atoms with Crippen LogP contribution in [0.15, 0.2) is 18.2 Å². The van der Waals surface area contributed by atoms with Crippen molar-refractivity contribution in [3.05, 3.63) is 23.8 Å². The van der Waals surface area contributed by atoms with Crippen molar-refractivity contribution in [1.29, 1.82) is 5.26 Å². The molecule has 0 radical (unpaired) electrons. The first kappa shape index (κ1) is 26.0. The Morgan fingerprint density at radius 2 is 1.94 bits per heavy atom. The van der Waals surface area contributed by atoms with Gasteiger partial charge in [-0.2, -0.15) is 14.0 Å². The average Bonchev–Trinajstić information content (AvgIpc) is 2.71. The van der Waals surface area contributed by atoms with Crippen molar-refractivity contribution in [2.75, 3.05) is 26.2 Å². The quantitative estimate of drug-likeness (QED) is 0.335. The summed E-state index contributed by atoms with van der Waals surface area (Å²) in [5, 5.41) is 18.5. The van der Waals surface area contributed by atoms with Gasteiger partial charge in [0.25, 0.3) is 5.91 Å². The highest BCUT2D eigenvalue weighted by molar-refractivity contribution is 5.85. The third-order valence-corrected chi connectivity index (χ3v) is 5.78. The van der Waals surface area contributed by atoms with Crippen molar-refractivity contribution in [2.45, 2.75) is 43.6 Å². The first-order chi connectivity index (χ1) is 14.7. The molecule has 1 aliphatic carbocycles. The van der Waals surface area contributed by atoms with Gasteiger partial charge in [-0.05, 0) is 30.5 Å². The third-order valence-electron chi connectivity index (χ3n) is 5.78. The normalized spacial score (nSPS) is 19.9. The number of nitriles is 1. The number of piperidine rings is 1. The molecule has 1 amide bonds. The maximum atomic E-state index is 13.0. The van der Waals surface area contributed by atoms with Crippen LogP contribution in [0.5, 0.6) is 11.5 Å². The molecule has 1 aromatic carbocycles. The van der Waals surface area contributed by atoms with E-state index in [1.807, 2.05) is 0 Å². The van der Waals surface area contributed by atoms with Crippen molar-refractivity contribution in [3.8, 4) is 17.6 Å². The molecule has 0 spiro atoms. The molecule has 0 atom stereocenters. The third kappa shape index (κ3) is 6.15. The highest BCUT2D eigenvalue weighted by atomic mass is 35.5. The molecule has 1 heterocycles. The van der Waals surface area contributed by atoms with Crippen LogP contribution in [0.25, 0.3) is 0 Å². The van der Waals surface area contributed by atoms with E-state index in [4.69, 9.17) is 9.94 Å². The molecule has 32 heavy (non-hydrogen) atoms. The molecule has 0 bridgehead atoms. The van der Waals surface area contributed by atoms with E-state index >= 15 is 0 Å². The van der Waals surface area contributed by atoms with E-state index in [2.05, 4.69) is 10.8 Å². The van der Waals surface area contributed by atoms with Crippen LogP contribution >= 0.6 is 12.4 Å². The molecule has 1 aromatic rings. The minimum absolute atomic E-state index is 0. The van der Waals surface area contributed by atoms with E-state index in [1.165, 1.54) is 18.2 Å². The number of hydrogen-bond acceptors (Lipinski definition) is 6. The topological polar surface area (TPSA) is 94.8 Å². The van der Waals surface area contributed by atoms with Gasteiger partial charge in [0.15, 0.2) is 11.5 Å². The van der Waals surface area contributed by atoms with Crippen LogP contribution in [-0.2, 0) is 10.2 Å². The first-order valence-corrected chi connectivity index (χ1v) is 9.83. The molecule has 12 heteroatoms. The van der Waals surface area contributed by atoms with Crippen LogP contribution < -0.4 is 15.0 Å². The SMILES string of the molecule is Cl.N#CC1(c2ccc(OC(F)F)c(OCC3CC(F)(F)C3)c2)CCN(CC(=O)NO)CC1. The van der Waals surface area contributed by atoms with Crippen LogP contribution in [0.1, 0.15) is 31.2 Å². The van der Waals surface area contributed by atoms with Crippen LogP contribution in [0.3, 0.4) is 0 Å². The Labute approximate surface area is 188 Å². The van der Waals surface area contributed by atoms with Gasteiger partial charge in [0.05, 0.1) is 24.6 Å². The number of carbonyl (C=O) groups is 1. The summed E-state index contributed by atoms with van der Waals surface area (Å²) in [5.41, 5.74) is 1.17. The van der Waals surface area contributed by atoms with E-state index in [0.717, 1.165) is 0 Å². The Morgan fingerprint density at radius 1 is 1.28 bits per heavy atom. The smallest absolute Gasteiger partial charge is 0.387 e. The second-order valence-electron chi connectivity index (χ2n) is 7.99. The van der Waals surface area contributed by atoms with Crippen LogP contribution in [0.4, 0.5) is 17.6 Å². The molecule has 2 fully saturated rings. The Balaban J connectivity index is 0.00000363. The summed E-state index contributed by atoms with van der Waals surface area (Å²) in [6, 6.07) is 6.54. The monoisotopic (exact) mass is 481 g/mol. The molecule has 2 aliphatic rings. The lowest BCUT2D eigenvalue weighted by atomic mass is 9.74. The number of ether oxygens (including phenoxy) is 2. The summed E-state index contributed by atoms with van der Waals surface area (Å²) in [7, 11) is 0. The lowest BCUT2D eigenvalue weighted by Gasteiger charge is -2.37. The molecule has 7 nitrogen and oxygen atoms in total. The number of likely N-dealkylation sites (tertiary alicyclic amines) is 1. The van der Waals surface area contributed by atoms with Crippen molar-refractivity contribution < 1.29 is 37.0 Å². The second-order valence-corrected chi connectivity index (χ2v) is 7.99. The number of carbonyl (C=O) groups excluding carboxylic acids is 1. The lowest BCUT2D eigenvalue weighted by Crippen LogP contribution is -2.45. The fraction of sp³-hybridized carbons (Fsp3) is 0.600. The maximum absolute atomic E-state index is 13.0. The maximum Gasteiger partial charge on any atom is 0.387 e. The van der Waals surface area contributed by atoms with Gasteiger partial charge in [-0.25, -0.2) is 14.3 Å². The zero-order valence-electron chi connectivity index (χ0n) is 17.0. The number of hydrogen-bond donors (Lipinski definition) is 2. The van der Waals surface area contributed by atoms with Crippen molar-refractivity contribution >= 4 is 18.3 Å². The van der Waals surface area contributed by atoms with Gasteiger partial charge in [-0.3, -0.25) is 14.9 Å². The van der Waals surface area contributed by atoms with E-state index in [1.54, 1.807) is 10.4 Å². The molecule has 1 aliphatic heterocycles. The zero-order chi connectivity index (χ0) is 22.6. The first-order valence-electron chi connectivity index (χ1n) is 9.83. The van der Waals surface area contributed by atoms with Crippen LogP contribution in [-0.4, -0.2) is 54.8 Å². The average molecular weight is 482 g/mol. The Hall–Kier alpha value is -2.29. The summed E-state index contributed by atoms with van der Waals surface area (Å²) in [4.78, 5) is 13.1. The minimum Gasteiger partial charge on any atom is -0.489 e. The Morgan fingerprint density at radius 3 is 2.47 bits per heavy atom. The summed E-state index contributed by atoms with van der Waals surface area (Å²) in [6.45, 7) is -2.36. The van der Waals surface area contributed by atoms with Gasteiger partial charge >= 0.3 is 6.61 Å². The summed E-state index contributed by atoms with van der Waals surface area (Å²) in [6.07, 6.45) is 0.0886. The summed E-state index contributed by atoms with van der Waals surface area (Å²) < 4.78 is 61.7. The van der Waals surface area contributed by atoms with Crippen molar-refractivity contribution in [2.24, 2.45) is 5.92 Å². The van der Waals surface area contributed by atoms with Crippen molar-refractivity contribution in [1.82, 2.24) is 10.4 Å². The molecule has 178 valence electrons. The number of nitrogens with one attached hydrogen (secondary N) is 1. The van der Waals surface area contributed by atoms with E-state index in [9.17, 15) is 27.6 Å². The minimum atomic E-state index is -3.09. The number of halogens is 5. The standard InChI is InChI=1S/C20H23F4N3O4.ClH/c21-18(22)31-15-2-1-14(7-16(15)30-11-13-8-20(23,24)9-13)19(12-25)3-5-27(6-4-19)10-17(28)26-29;/h1-2,7,13,18,29H,3-6,8-11H2,(H,26,28);1H. The molecule has 3 rings (SSSR count). The number of nitrogens with zero attached hydrogens (tertiary/aromatic N) is 2. The van der Waals surface area contributed by atoms with Gasteiger partial charge in [-0.1, -0.05) is 6.07 Å². The molecule has 1 saturated carbocycles. The fourth-order valence-corrected chi connectivity index (χ4v) is 4.02. The lowest BCUT2D eigenvalue weighted by molar-refractivity contribution is -0.130. The second kappa shape index (κ2) is 10.6. The molecule has 1 saturated heterocycles. The summed E-state index contributed by atoms with van der Waals surface area (Å²) >= 11 is 0. The number of hydroxylamine groups is 1. The Kier molecular flexibility index (Phi) is 8.56. The van der Waals surface area contributed by atoms with Gasteiger partial charge in [0.1, 0.15) is 0 Å². The molecular formula is C20H24ClF4N3O4.